The second-order valence-corrected chi connectivity index (χ2v) is 2.77. The summed E-state index contributed by atoms with van der Waals surface area (Å²) in [5, 5.41) is 11.5. The molecular formula is C10H10N2O2. The van der Waals surface area contributed by atoms with E-state index in [9.17, 15) is 4.79 Å². The van der Waals surface area contributed by atoms with Gasteiger partial charge in [0, 0.05) is 6.20 Å². The van der Waals surface area contributed by atoms with Crippen LogP contribution in [0.1, 0.15) is 17.3 Å². The van der Waals surface area contributed by atoms with Crippen molar-refractivity contribution in [1.29, 1.82) is 0 Å². The molecule has 4 heteroatoms. The van der Waals surface area contributed by atoms with Crippen LogP contribution in [-0.2, 0) is 0 Å². The Morgan fingerprint density at radius 1 is 1.71 bits per heavy atom. The zero-order valence-electron chi connectivity index (χ0n) is 7.69. The van der Waals surface area contributed by atoms with E-state index in [4.69, 9.17) is 11.5 Å². The number of pyridine rings is 1. The van der Waals surface area contributed by atoms with E-state index in [1.54, 1.807) is 6.07 Å². The number of hydrogen-bond donors (Lipinski definition) is 2. The molecule has 1 aromatic heterocycles. The summed E-state index contributed by atoms with van der Waals surface area (Å²) in [6.45, 7) is 1.81. The Kier molecular flexibility index (Phi) is 3.08. The number of aromatic carboxylic acids is 1. The van der Waals surface area contributed by atoms with Crippen LogP contribution in [0.5, 0.6) is 0 Å². The zero-order valence-corrected chi connectivity index (χ0v) is 7.69. The molecule has 1 heterocycles. The van der Waals surface area contributed by atoms with E-state index in [0.717, 1.165) is 0 Å². The maximum absolute atomic E-state index is 10.5. The standard InChI is InChI=1S/C10H10N2O2/c1-3-7(2)12-9-5-4-8(6-11-9)10(13)14/h1,4-7H,2H3,(H,11,12)(H,13,14). The SMILES string of the molecule is C#CC(C)Nc1ccc(C(=O)O)cn1. The number of terminal acetylenes is 1. The van der Waals surface area contributed by atoms with Crippen LogP contribution in [0.4, 0.5) is 5.82 Å². The van der Waals surface area contributed by atoms with Crippen LogP contribution in [0.25, 0.3) is 0 Å². The van der Waals surface area contributed by atoms with Crippen molar-refractivity contribution in [3.05, 3.63) is 23.9 Å². The Bertz CT molecular complexity index is 365. The van der Waals surface area contributed by atoms with E-state index in [1.165, 1.54) is 12.3 Å². The Morgan fingerprint density at radius 3 is 2.86 bits per heavy atom. The van der Waals surface area contributed by atoms with Gasteiger partial charge in [0.25, 0.3) is 0 Å². The van der Waals surface area contributed by atoms with E-state index >= 15 is 0 Å². The molecular weight excluding hydrogens is 180 g/mol. The molecule has 0 spiro atoms. The number of hydrogen-bond acceptors (Lipinski definition) is 3. The maximum atomic E-state index is 10.5. The van der Waals surface area contributed by atoms with E-state index in [0.29, 0.717) is 5.82 Å². The molecule has 4 nitrogen and oxygen atoms in total. The third-order valence-corrected chi connectivity index (χ3v) is 1.62. The van der Waals surface area contributed by atoms with Crippen LogP contribution in [0.3, 0.4) is 0 Å². The molecule has 0 saturated carbocycles. The van der Waals surface area contributed by atoms with Crippen LogP contribution < -0.4 is 5.32 Å². The molecule has 1 atom stereocenters. The summed E-state index contributed by atoms with van der Waals surface area (Å²) in [4.78, 5) is 14.4. The molecule has 14 heavy (non-hydrogen) atoms. The van der Waals surface area contributed by atoms with Crippen molar-refractivity contribution < 1.29 is 9.90 Å². The van der Waals surface area contributed by atoms with E-state index in [2.05, 4.69) is 16.2 Å². The van der Waals surface area contributed by atoms with Gasteiger partial charge in [-0.1, -0.05) is 5.92 Å². The lowest BCUT2D eigenvalue weighted by Gasteiger charge is -2.07. The van der Waals surface area contributed by atoms with E-state index in [-0.39, 0.29) is 11.6 Å². The van der Waals surface area contributed by atoms with E-state index in [1.807, 2.05) is 6.92 Å². The van der Waals surface area contributed by atoms with Crippen LogP contribution in [0.15, 0.2) is 18.3 Å². The third-order valence-electron chi connectivity index (χ3n) is 1.62. The van der Waals surface area contributed by atoms with Gasteiger partial charge in [0.05, 0.1) is 11.6 Å². The molecule has 1 aromatic rings. The van der Waals surface area contributed by atoms with E-state index < -0.39 is 5.97 Å². The number of carboxylic acids is 1. The fourth-order valence-electron chi connectivity index (χ4n) is 0.869. The van der Waals surface area contributed by atoms with Gasteiger partial charge in [-0.25, -0.2) is 9.78 Å². The molecule has 1 unspecified atom stereocenters. The first-order valence-electron chi connectivity index (χ1n) is 4.05. The molecule has 0 aliphatic carbocycles. The smallest absolute Gasteiger partial charge is 0.337 e. The van der Waals surface area contributed by atoms with Crippen molar-refractivity contribution in [2.75, 3.05) is 5.32 Å². The maximum Gasteiger partial charge on any atom is 0.337 e. The first kappa shape index (κ1) is 10.1. The monoisotopic (exact) mass is 190 g/mol. The van der Waals surface area contributed by atoms with Gasteiger partial charge in [-0.3, -0.25) is 0 Å². The van der Waals surface area contributed by atoms with Crippen LogP contribution in [0.2, 0.25) is 0 Å². The lowest BCUT2D eigenvalue weighted by atomic mass is 10.3. The Labute approximate surface area is 82.0 Å². The molecule has 0 amide bonds. The first-order valence-corrected chi connectivity index (χ1v) is 4.05. The Balaban J connectivity index is 2.75. The van der Waals surface area contributed by atoms with Gasteiger partial charge in [0.2, 0.25) is 0 Å². The first-order chi connectivity index (χ1) is 6.63. The van der Waals surface area contributed by atoms with Gasteiger partial charge in [-0.15, -0.1) is 6.42 Å². The lowest BCUT2D eigenvalue weighted by molar-refractivity contribution is 0.0696. The minimum Gasteiger partial charge on any atom is -0.478 e. The van der Waals surface area contributed by atoms with Gasteiger partial charge >= 0.3 is 5.97 Å². The number of carbonyl (C=O) groups is 1. The lowest BCUT2D eigenvalue weighted by Crippen LogP contribution is -2.13. The minimum atomic E-state index is -0.992. The molecule has 0 aromatic carbocycles. The second kappa shape index (κ2) is 4.28. The predicted octanol–water partition coefficient (Wildman–Crippen LogP) is 1.21. The van der Waals surface area contributed by atoms with Crippen molar-refractivity contribution in [1.82, 2.24) is 4.98 Å². The van der Waals surface area contributed by atoms with Gasteiger partial charge in [0.1, 0.15) is 5.82 Å². The number of aromatic nitrogens is 1. The van der Waals surface area contributed by atoms with Crippen molar-refractivity contribution in [2.24, 2.45) is 0 Å². The van der Waals surface area contributed by atoms with Crippen molar-refractivity contribution in [3.8, 4) is 12.3 Å². The van der Waals surface area contributed by atoms with Crippen LogP contribution in [0, 0.1) is 12.3 Å². The summed E-state index contributed by atoms with van der Waals surface area (Å²) in [5.74, 6) is 2.06. The molecule has 2 N–H and O–H groups in total. The van der Waals surface area contributed by atoms with Crippen molar-refractivity contribution in [2.45, 2.75) is 13.0 Å². The summed E-state index contributed by atoms with van der Waals surface area (Å²) in [6, 6.07) is 2.93. The molecule has 0 fully saturated rings. The highest BCUT2D eigenvalue weighted by Crippen LogP contribution is 2.05. The summed E-state index contributed by atoms with van der Waals surface area (Å²) < 4.78 is 0. The van der Waals surface area contributed by atoms with Crippen molar-refractivity contribution >= 4 is 11.8 Å². The van der Waals surface area contributed by atoms with Gasteiger partial charge in [-0.2, -0.15) is 0 Å². The molecule has 1 rings (SSSR count). The summed E-state index contributed by atoms with van der Waals surface area (Å²) in [5.41, 5.74) is 0.156. The fourth-order valence-corrected chi connectivity index (χ4v) is 0.869. The molecule has 0 aliphatic heterocycles. The molecule has 0 aliphatic rings. The number of anilines is 1. The number of carboxylic acid groups (broad SMARTS) is 1. The second-order valence-electron chi connectivity index (χ2n) is 2.77. The third kappa shape index (κ3) is 2.49. The topological polar surface area (TPSA) is 62.2 Å². The Hall–Kier alpha value is -2.02. The average Bonchev–Trinajstić information content (AvgIpc) is 2.18. The van der Waals surface area contributed by atoms with Crippen molar-refractivity contribution in [3.63, 3.8) is 0 Å². The Morgan fingerprint density at radius 2 is 2.43 bits per heavy atom. The molecule has 0 radical (unpaired) electrons. The fraction of sp³-hybridized carbons (Fsp3) is 0.200. The van der Waals surface area contributed by atoms with Crippen LogP contribution >= 0.6 is 0 Å². The number of nitrogens with one attached hydrogen (secondary N) is 1. The van der Waals surface area contributed by atoms with Gasteiger partial charge in [0.15, 0.2) is 0 Å². The minimum absolute atomic E-state index is 0.127. The summed E-state index contributed by atoms with van der Waals surface area (Å²) >= 11 is 0. The quantitative estimate of drug-likeness (QED) is 0.703. The summed E-state index contributed by atoms with van der Waals surface area (Å²) in [7, 11) is 0. The summed E-state index contributed by atoms with van der Waals surface area (Å²) in [6.07, 6.45) is 6.45. The molecule has 0 saturated heterocycles. The highest BCUT2D eigenvalue weighted by Gasteiger charge is 2.03. The normalized spacial score (nSPS) is 11.4. The average molecular weight is 190 g/mol. The van der Waals surface area contributed by atoms with Crippen LogP contribution in [-0.4, -0.2) is 22.1 Å². The zero-order chi connectivity index (χ0) is 10.6. The highest BCUT2D eigenvalue weighted by atomic mass is 16.4. The van der Waals surface area contributed by atoms with Gasteiger partial charge in [-0.05, 0) is 19.1 Å². The molecule has 72 valence electrons. The predicted molar refractivity (Wildman–Crippen MR) is 53.1 cm³/mol. The number of rotatable bonds is 3. The number of nitrogens with zero attached hydrogens (tertiary/aromatic N) is 1. The van der Waals surface area contributed by atoms with Gasteiger partial charge < -0.3 is 10.4 Å². The highest BCUT2D eigenvalue weighted by molar-refractivity contribution is 5.87. The molecule has 0 bridgehead atoms. The largest absolute Gasteiger partial charge is 0.478 e.